The van der Waals surface area contributed by atoms with Crippen LogP contribution in [-0.4, -0.2) is 23.1 Å². The van der Waals surface area contributed by atoms with Crippen LogP contribution in [0.4, 0.5) is 0 Å². The molecule has 0 aromatic heterocycles. The number of aliphatic hydroxyl groups is 1. The van der Waals surface area contributed by atoms with Gasteiger partial charge in [-0.1, -0.05) is 67.6 Å². The Morgan fingerprint density at radius 3 is 2.11 bits per heavy atom. The topological polar surface area (TPSA) is 23.5 Å². The van der Waals surface area contributed by atoms with Crippen LogP contribution in [0.25, 0.3) is 0 Å². The summed E-state index contributed by atoms with van der Waals surface area (Å²) in [6.07, 6.45) is -0.426. The molecule has 1 unspecified atom stereocenters. The van der Waals surface area contributed by atoms with Crippen LogP contribution in [0.3, 0.4) is 0 Å². The molecule has 0 spiro atoms. The van der Waals surface area contributed by atoms with Gasteiger partial charge in [0.15, 0.2) is 0 Å². The second kappa shape index (κ2) is 7.07. The van der Waals surface area contributed by atoms with E-state index in [0.717, 1.165) is 18.7 Å². The minimum atomic E-state index is -0.426. The van der Waals surface area contributed by atoms with Crippen molar-refractivity contribution in [2.45, 2.75) is 19.6 Å². The summed E-state index contributed by atoms with van der Waals surface area (Å²) < 4.78 is 0. The van der Waals surface area contributed by atoms with Gasteiger partial charge >= 0.3 is 0 Å². The van der Waals surface area contributed by atoms with E-state index in [1.807, 2.05) is 36.4 Å². The smallest absolute Gasteiger partial charge is 0.0917 e. The van der Waals surface area contributed by atoms with Crippen LogP contribution in [0.2, 0.25) is 0 Å². The molecule has 2 heteroatoms. The van der Waals surface area contributed by atoms with E-state index in [1.165, 1.54) is 5.56 Å². The van der Waals surface area contributed by atoms with E-state index in [1.54, 1.807) is 0 Å². The van der Waals surface area contributed by atoms with Crippen molar-refractivity contribution in [2.75, 3.05) is 13.1 Å². The summed E-state index contributed by atoms with van der Waals surface area (Å²) >= 11 is 0. The molecule has 2 aromatic rings. The maximum Gasteiger partial charge on any atom is 0.0917 e. The molecule has 2 nitrogen and oxygen atoms in total. The third kappa shape index (κ3) is 4.19. The first-order valence-electron chi connectivity index (χ1n) is 6.79. The number of nitrogens with zero attached hydrogens (tertiary/aromatic N) is 1. The standard InChI is InChI=1S/C17H21NO/c1-2-18(13-15-9-5-3-6-10-15)14-17(19)16-11-7-4-8-12-16/h3-12,17,19H,2,13-14H2,1H3. The first kappa shape index (κ1) is 13.8. The van der Waals surface area contributed by atoms with Gasteiger partial charge in [-0.15, -0.1) is 0 Å². The Balaban J connectivity index is 1.96. The van der Waals surface area contributed by atoms with Gasteiger partial charge < -0.3 is 5.11 Å². The summed E-state index contributed by atoms with van der Waals surface area (Å²) in [6, 6.07) is 20.2. The van der Waals surface area contributed by atoms with Crippen LogP contribution in [0, 0.1) is 0 Å². The van der Waals surface area contributed by atoms with E-state index in [9.17, 15) is 5.11 Å². The third-order valence-corrected chi connectivity index (χ3v) is 3.31. The molecule has 0 saturated heterocycles. The van der Waals surface area contributed by atoms with E-state index in [4.69, 9.17) is 0 Å². The Bertz CT molecular complexity index is 469. The Labute approximate surface area is 115 Å². The molecule has 2 rings (SSSR count). The van der Waals surface area contributed by atoms with Gasteiger partial charge in [-0.05, 0) is 17.7 Å². The van der Waals surface area contributed by atoms with Crippen molar-refractivity contribution < 1.29 is 5.11 Å². The van der Waals surface area contributed by atoms with Gasteiger partial charge in [-0.2, -0.15) is 0 Å². The van der Waals surface area contributed by atoms with Gasteiger partial charge in [0.25, 0.3) is 0 Å². The van der Waals surface area contributed by atoms with Crippen molar-refractivity contribution in [1.82, 2.24) is 4.90 Å². The number of likely N-dealkylation sites (N-methyl/N-ethyl adjacent to an activating group) is 1. The quantitative estimate of drug-likeness (QED) is 0.856. The molecule has 0 amide bonds. The minimum absolute atomic E-state index is 0.426. The summed E-state index contributed by atoms with van der Waals surface area (Å²) in [6.45, 7) is 4.59. The number of hydrogen-bond donors (Lipinski definition) is 1. The molecule has 19 heavy (non-hydrogen) atoms. The summed E-state index contributed by atoms with van der Waals surface area (Å²) in [5.41, 5.74) is 2.26. The van der Waals surface area contributed by atoms with Gasteiger partial charge in [0.2, 0.25) is 0 Å². The predicted octanol–water partition coefficient (Wildman–Crippen LogP) is 3.24. The largest absolute Gasteiger partial charge is 0.387 e. The first-order chi connectivity index (χ1) is 9.29. The average molecular weight is 255 g/mol. The molecule has 0 radical (unpaired) electrons. The molecule has 0 heterocycles. The number of rotatable bonds is 6. The minimum Gasteiger partial charge on any atom is -0.387 e. The van der Waals surface area contributed by atoms with Crippen molar-refractivity contribution in [3.8, 4) is 0 Å². The van der Waals surface area contributed by atoms with E-state index in [0.29, 0.717) is 6.54 Å². The fourth-order valence-corrected chi connectivity index (χ4v) is 2.17. The molecule has 0 saturated carbocycles. The Kier molecular flexibility index (Phi) is 5.13. The molecule has 0 aliphatic heterocycles. The van der Waals surface area contributed by atoms with Crippen molar-refractivity contribution in [3.63, 3.8) is 0 Å². The normalized spacial score (nSPS) is 12.6. The van der Waals surface area contributed by atoms with Crippen molar-refractivity contribution in [2.24, 2.45) is 0 Å². The molecular weight excluding hydrogens is 234 g/mol. The molecule has 0 bridgehead atoms. The molecule has 100 valence electrons. The SMILES string of the molecule is CCN(Cc1ccccc1)CC(O)c1ccccc1. The van der Waals surface area contributed by atoms with Crippen LogP contribution in [0.15, 0.2) is 60.7 Å². The van der Waals surface area contributed by atoms with Crippen LogP contribution < -0.4 is 0 Å². The van der Waals surface area contributed by atoms with Gasteiger partial charge in [0.05, 0.1) is 6.10 Å². The Morgan fingerprint density at radius 1 is 0.947 bits per heavy atom. The Hall–Kier alpha value is -1.64. The summed E-state index contributed by atoms with van der Waals surface area (Å²) in [4.78, 5) is 2.26. The fourth-order valence-electron chi connectivity index (χ4n) is 2.17. The summed E-state index contributed by atoms with van der Waals surface area (Å²) in [7, 11) is 0. The van der Waals surface area contributed by atoms with Gasteiger partial charge in [0.1, 0.15) is 0 Å². The van der Waals surface area contributed by atoms with Crippen molar-refractivity contribution in [3.05, 3.63) is 71.8 Å². The maximum absolute atomic E-state index is 10.3. The van der Waals surface area contributed by atoms with Crippen LogP contribution >= 0.6 is 0 Å². The molecule has 0 aliphatic rings. The lowest BCUT2D eigenvalue weighted by molar-refractivity contribution is 0.112. The second-order valence-electron chi connectivity index (χ2n) is 4.74. The van der Waals surface area contributed by atoms with Gasteiger partial charge in [-0.3, -0.25) is 4.90 Å². The molecular formula is C17H21NO. The van der Waals surface area contributed by atoms with Crippen molar-refractivity contribution >= 4 is 0 Å². The van der Waals surface area contributed by atoms with E-state index in [-0.39, 0.29) is 0 Å². The maximum atomic E-state index is 10.3. The van der Waals surface area contributed by atoms with E-state index < -0.39 is 6.10 Å². The lowest BCUT2D eigenvalue weighted by Crippen LogP contribution is -2.28. The van der Waals surface area contributed by atoms with Crippen LogP contribution in [0.1, 0.15) is 24.2 Å². The van der Waals surface area contributed by atoms with Gasteiger partial charge in [-0.25, -0.2) is 0 Å². The zero-order valence-corrected chi connectivity index (χ0v) is 11.4. The zero-order valence-electron chi connectivity index (χ0n) is 11.4. The predicted molar refractivity (Wildman–Crippen MR) is 78.8 cm³/mol. The van der Waals surface area contributed by atoms with E-state index in [2.05, 4.69) is 36.1 Å². The van der Waals surface area contributed by atoms with Crippen LogP contribution in [0.5, 0.6) is 0 Å². The third-order valence-electron chi connectivity index (χ3n) is 3.31. The highest BCUT2D eigenvalue weighted by atomic mass is 16.3. The fraction of sp³-hybridized carbons (Fsp3) is 0.294. The molecule has 0 aliphatic carbocycles. The molecule has 1 atom stereocenters. The van der Waals surface area contributed by atoms with Crippen molar-refractivity contribution in [1.29, 1.82) is 0 Å². The number of aliphatic hydroxyl groups excluding tert-OH is 1. The average Bonchev–Trinajstić information content (AvgIpc) is 2.48. The highest BCUT2D eigenvalue weighted by molar-refractivity contribution is 5.18. The lowest BCUT2D eigenvalue weighted by Gasteiger charge is -2.23. The zero-order chi connectivity index (χ0) is 13.5. The highest BCUT2D eigenvalue weighted by Gasteiger charge is 2.12. The monoisotopic (exact) mass is 255 g/mol. The first-order valence-corrected chi connectivity index (χ1v) is 6.79. The summed E-state index contributed by atoms with van der Waals surface area (Å²) in [5, 5.41) is 10.3. The van der Waals surface area contributed by atoms with Crippen LogP contribution in [-0.2, 0) is 6.54 Å². The molecule has 0 fully saturated rings. The number of benzene rings is 2. The Morgan fingerprint density at radius 2 is 1.53 bits per heavy atom. The lowest BCUT2D eigenvalue weighted by atomic mass is 10.1. The molecule has 1 N–H and O–H groups in total. The summed E-state index contributed by atoms with van der Waals surface area (Å²) in [5.74, 6) is 0. The molecule has 2 aromatic carbocycles. The highest BCUT2D eigenvalue weighted by Crippen LogP contribution is 2.15. The van der Waals surface area contributed by atoms with E-state index >= 15 is 0 Å². The number of hydrogen-bond acceptors (Lipinski definition) is 2. The van der Waals surface area contributed by atoms with Gasteiger partial charge in [0, 0.05) is 13.1 Å². The second-order valence-corrected chi connectivity index (χ2v) is 4.74.